The van der Waals surface area contributed by atoms with Crippen molar-refractivity contribution in [3.05, 3.63) is 77.0 Å². The minimum absolute atomic E-state index is 0.144. The molecule has 5 heteroatoms. The van der Waals surface area contributed by atoms with Crippen LogP contribution in [0.25, 0.3) is 0 Å². The molecule has 0 bridgehead atoms. The molecule has 24 heavy (non-hydrogen) atoms. The largest absolute Gasteiger partial charge is 0.351 e. The van der Waals surface area contributed by atoms with Crippen LogP contribution in [0.15, 0.2) is 65.9 Å². The molecule has 2 aromatic carbocycles. The topological polar surface area (TPSA) is 53.2 Å². The number of amides is 1. The van der Waals surface area contributed by atoms with Crippen LogP contribution in [0, 0.1) is 6.92 Å². The molecule has 1 atom stereocenters. The zero-order valence-corrected chi connectivity index (χ0v) is 14.4. The lowest BCUT2D eigenvalue weighted by Gasteiger charge is -2.30. The number of anilines is 1. The van der Waals surface area contributed by atoms with E-state index in [1.54, 1.807) is 0 Å². The Balaban J connectivity index is 1.94. The number of hydrogen-bond acceptors (Lipinski definition) is 2. The van der Waals surface area contributed by atoms with Gasteiger partial charge in [-0.05, 0) is 49.3 Å². The van der Waals surface area contributed by atoms with Gasteiger partial charge in [-0.1, -0.05) is 42.5 Å². The molecular weight excluding hydrogens is 318 g/mol. The van der Waals surface area contributed by atoms with Crippen LogP contribution in [0.1, 0.15) is 24.1 Å². The quantitative estimate of drug-likeness (QED) is 0.751. The minimum Gasteiger partial charge on any atom is -0.351 e. The summed E-state index contributed by atoms with van der Waals surface area (Å²) >= 11 is 5.26. The van der Waals surface area contributed by atoms with Gasteiger partial charge in [-0.15, -0.1) is 0 Å². The summed E-state index contributed by atoms with van der Waals surface area (Å²) in [6.45, 7) is 3.86. The first-order valence-corrected chi connectivity index (χ1v) is 8.16. The Morgan fingerprint density at radius 1 is 1.08 bits per heavy atom. The van der Waals surface area contributed by atoms with Gasteiger partial charge in [0.15, 0.2) is 5.11 Å². The van der Waals surface area contributed by atoms with E-state index in [2.05, 4.69) is 16.0 Å². The molecule has 0 unspecified atom stereocenters. The lowest BCUT2D eigenvalue weighted by Crippen LogP contribution is -2.45. The fourth-order valence-corrected chi connectivity index (χ4v) is 3.08. The molecular formula is C19H19N3OS. The molecule has 1 aliphatic heterocycles. The standard InChI is InChI=1S/C19H19N3OS/c1-12-7-6-10-15(11-12)21-18(23)16-13(2)20-19(24)22-17(16)14-8-4-3-5-9-14/h3-11,17H,1-2H3,(H,21,23)(H2,20,22,24)/t17-/m1/s1. The summed E-state index contributed by atoms with van der Waals surface area (Å²) in [5.74, 6) is -0.144. The normalized spacial score (nSPS) is 17.1. The molecule has 0 aromatic heterocycles. The predicted octanol–water partition coefficient (Wildman–Crippen LogP) is 3.43. The van der Waals surface area contributed by atoms with Crippen LogP contribution in [-0.2, 0) is 4.79 Å². The van der Waals surface area contributed by atoms with Crippen molar-refractivity contribution in [1.82, 2.24) is 10.6 Å². The van der Waals surface area contributed by atoms with Crippen LogP contribution in [-0.4, -0.2) is 11.0 Å². The zero-order valence-electron chi connectivity index (χ0n) is 13.6. The van der Waals surface area contributed by atoms with E-state index in [9.17, 15) is 4.79 Å². The molecule has 122 valence electrons. The maximum atomic E-state index is 12.9. The number of allylic oxidation sites excluding steroid dienone is 1. The second kappa shape index (κ2) is 6.84. The monoisotopic (exact) mass is 337 g/mol. The highest BCUT2D eigenvalue weighted by molar-refractivity contribution is 7.80. The fraction of sp³-hybridized carbons (Fsp3) is 0.158. The zero-order chi connectivity index (χ0) is 17.1. The van der Waals surface area contributed by atoms with Gasteiger partial charge in [0.2, 0.25) is 0 Å². The minimum atomic E-state index is -0.273. The van der Waals surface area contributed by atoms with Gasteiger partial charge in [-0.2, -0.15) is 0 Å². The maximum absolute atomic E-state index is 12.9. The van der Waals surface area contributed by atoms with Crippen LogP contribution in [0.2, 0.25) is 0 Å². The Bertz CT molecular complexity index is 814. The lowest BCUT2D eigenvalue weighted by atomic mass is 9.95. The Labute approximate surface area is 147 Å². The molecule has 3 N–H and O–H groups in total. The third-order valence-electron chi connectivity index (χ3n) is 3.92. The van der Waals surface area contributed by atoms with Crippen LogP contribution in [0.5, 0.6) is 0 Å². The Hall–Kier alpha value is -2.66. The summed E-state index contributed by atoms with van der Waals surface area (Å²) in [6.07, 6.45) is 0. The summed E-state index contributed by atoms with van der Waals surface area (Å²) in [5.41, 5.74) is 4.27. The van der Waals surface area contributed by atoms with Crippen molar-refractivity contribution >= 4 is 28.9 Å². The summed E-state index contributed by atoms with van der Waals surface area (Å²) in [4.78, 5) is 12.9. The summed E-state index contributed by atoms with van der Waals surface area (Å²) < 4.78 is 0. The first-order valence-electron chi connectivity index (χ1n) is 7.76. The van der Waals surface area contributed by atoms with E-state index in [4.69, 9.17) is 12.2 Å². The molecule has 0 aliphatic carbocycles. The molecule has 1 aliphatic rings. The van der Waals surface area contributed by atoms with E-state index in [1.807, 2.05) is 68.4 Å². The van der Waals surface area contributed by atoms with Gasteiger partial charge in [0.05, 0.1) is 11.6 Å². The third-order valence-corrected chi connectivity index (χ3v) is 4.14. The fourth-order valence-electron chi connectivity index (χ4n) is 2.81. The molecule has 0 saturated heterocycles. The van der Waals surface area contributed by atoms with Crippen molar-refractivity contribution in [2.24, 2.45) is 0 Å². The Morgan fingerprint density at radius 2 is 1.83 bits per heavy atom. The lowest BCUT2D eigenvalue weighted by molar-refractivity contribution is -0.113. The molecule has 0 radical (unpaired) electrons. The van der Waals surface area contributed by atoms with Gasteiger partial charge >= 0.3 is 0 Å². The molecule has 0 saturated carbocycles. The number of rotatable bonds is 3. The molecule has 0 spiro atoms. The number of hydrogen-bond donors (Lipinski definition) is 3. The Kier molecular flexibility index (Phi) is 4.62. The number of benzene rings is 2. The van der Waals surface area contributed by atoms with Crippen molar-refractivity contribution in [2.75, 3.05) is 5.32 Å². The van der Waals surface area contributed by atoms with E-state index in [1.165, 1.54) is 0 Å². The van der Waals surface area contributed by atoms with Gasteiger partial charge in [-0.3, -0.25) is 4.79 Å². The summed E-state index contributed by atoms with van der Waals surface area (Å²) in [5, 5.41) is 9.74. The molecule has 4 nitrogen and oxygen atoms in total. The third kappa shape index (κ3) is 3.46. The van der Waals surface area contributed by atoms with Gasteiger partial charge in [0.25, 0.3) is 5.91 Å². The Morgan fingerprint density at radius 3 is 2.54 bits per heavy atom. The maximum Gasteiger partial charge on any atom is 0.255 e. The average Bonchev–Trinajstić information content (AvgIpc) is 2.54. The number of nitrogens with one attached hydrogen (secondary N) is 3. The average molecular weight is 337 g/mol. The second-order valence-corrected chi connectivity index (χ2v) is 6.21. The van der Waals surface area contributed by atoms with Crippen LogP contribution in [0.4, 0.5) is 5.69 Å². The highest BCUT2D eigenvalue weighted by Crippen LogP contribution is 2.27. The summed E-state index contributed by atoms with van der Waals surface area (Å²) in [6, 6.07) is 17.3. The van der Waals surface area contributed by atoms with E-state index >= 15 is 0 Å². The van der Waals surface area contributed by atoms with E-state index in [0.717, 1.165) is 22.5 Å². The van der Waals surface area contributed by atoms with Gasteiger partial charge in [0, 0.05) is 11.4 Å². The van der Waals surface area contributed by atoms with Gasteiger partial charge < -0.3 is 16.0 Å². The van der Waals surface area contributed by atoms with Crippen molar-refractivity contribution in [3.8, 4) is 0 Å². The predicted molar refractivity (Wildman–Crippen MR) is 101 cm³/mol. The van der Waals surface area contributed by atoms with E-state index < -0.39 is 0 Å². The highest BCUT2D eigenvalue weighted by Gasteiger charge is 2.29. The SMILES string of the molecule is CC1=C(C(=O)Nc2cccc(C)c2)[C@@H](c2ccccc2)NC(=S)N1. The molecule has 0 fully saturated rings. The van der Waals surface area contributed by atoms with E-state index in [-0.39, 0.29) is 11.9 Å². The van der Waals surface area contributed by atoms with Crippen molar-refractivity contribution in [3.63, 3.8) is 0 Å². The molecule has 2 aromatic rings. The van der Waals surface area contributed by atoms with Crippen molar-refractivity contribution in [1.29, 1.82) is 0 Å². The van der Waals surface area contributed by atoms with Gasteiger partial charge in [-0.25, -0.2) is 0 Å². The highest BCUT2D eigenvalue weighted by atomic mass is 32.1. The van der Waals surface area contributed by atoms with E-state index in [0.29, 0.717) is 10.7 Å². The molecule has 3 rings (SSSR count). The molecule has 1 amide bonds. The number of thiocarbonyl (C=S) groups is 1. The smallest absolute Gasteiger partial charge is 0.255 e. The van der Waals surface area contributed by atoms with Crippen LogP contribution < -0.4 is 16.0 Å². The summed E-state index contributed by atoms with van der Waals surface area (Å²) in [7, 11) is 0. The van der Waals surface area contributed by atoms with Gasteiger partial charge in [0.1, 0.15) is 0 Å². The second-order valence-electron chi connectivity index (χ2n) is 5.80. The number of carbonyl (C=O) groups excluding carboxylic acids is 1. The first kappa shape index (κ1) is 16.2. The van der Waals surface area contributed by atoms with Crippen LogP contribution in [0.3, 0.4) is 0 Å². The van der Waals surface area contributed by atoms with Crippen LogP contribution >= 0.6 is 12.2 Å². The molecule has 1 heterocycles. The number of carbonyl (C=O) groups is 1. The number of aryl methyl sites for hydroxylation is 1. The van der Waals surface area contributed by atoms with Crippen molar-refractivity contribution < 1.29 is 4.79 Å². The first-order chi connectivity index (χ1) is 11.5. The van der Waals surface area contributed by atoms with Crippen molar-refractivity contribution in [2.45, 2.75) is 19.9 Å².